The van der Waals surface area contributed by atoms with Crippen molar-refractivity contribution in [2.24, 2.45) is 0 Å². The van der Waals surface area contributed by atoms with Crippen molar-refractivity contribution in [3.8, 4) is 11.1 Å². The molecule has 2 heterocycles. The van der Waals surface area contributed by atoms with Gasteiger partial charge in [0.25, 0.3) is 0 Å². The van der Waals surface area contributed by atoms with Gasteiger partial charge in [-0.2, -0.15) is 0 Å². The maximum atomic E-state index is 2.51. The first kappa shape index (κ1) is 20.8. The second-order valence-electron chi connectivity index (χ2n) is 11.5. The van der Waals surface area contributed by atoms with Gasteiger partial charge in [-0.1, -0.05) is 93.6 Å². The van der Waals surface area contributed by atoms with Gasteiger partial charge >= 0.3 is 0 Å². The van der Waals surface area contributed by atoms with Gasteiger partial charge in [-0.05, 0) is 80.0 Å². The van der Waals surface area contributed by atoms with Crippen LogP contribution in [0.5, 0.6) is 0 Å². The van der Waals surface area contributed by atoms with Gasteiger partial charge in [-0.25, -0.2) is 0 Å². The highest BCUT2D eigenvalue weighted by molar-refractivity contribution is 6.27. The van der Waals surface area contributed by atoms with Crippen LogP contribution >= 0.6 is 0 Å². The van der Waals surface area contributed by atoms with E-state index in [0.29, 0.717) is 0 Å². The second kappa shape index (κ2) is 7.11. The number of fused-ring (bicyclic) bond motifs is 8. The summed E-state index contributed by atoms with van der Waals surface area (Å²) in [5.41, 5.74) is 7.95. The molecular formula is C36H27N. The number of rotatable bonds is 1. The standard InChI is InChI=1S/C36H27N/c1-36(2,3)32-15-9-8-14-27(32)26-18-30-28-16-22-10-4-6-12-24(22)20-33(28)37-34-21-25-13-7-5-11-23(25)17-29(34)31(19-26)35(30)37/h4-21H,1-3H3. The second-order valence-corrected chi connectivity index (χ2v) is 11.5. The number of nitrogens with zero attached hydrogens (tertiary/aromatic N) is 1. The third-order valence-corrected chi connectivity index (χ3v) is 8.17. The van der Waals surface area contributed by atoms with Crippen LogP contribution in [0.4, 0.5) is 0 Å². The van der Waals surface area contributed by atoms with E-state index in [0.717, 1.165) is 0 Å². The third-order valence-electron chi connectivity index (χ3n) is 8.17. The summed E-state index contributed by atoms with van der Waals surface area (Å²) in [5, 5.41) is 10.4. The molecule has 8 aromatic rings. The maximum Gasteiger partial charge on any atom is 0.0620 e. The molecule has 0 aliphatic rings. The van der Waals surface area contributed by atoms with Crippen LogP contribution in [0.25, 0.3) is 70.8 Å². The molecule has 0 atom stereocenters. The SMILES string of the molecule is CC(C)(C)c1ccccc1-c1cc2c3cc4ccccc4cc3n3c4cc5ccccc5cc4c(c1)c23. The number of hydrogen-bond acceptors (Lipinski definition) is 0. The van der Waals surface area contributed by atoms with E-state index in [2.05, 4.69) is 134 Å². The Kier molecular flexibility index (Phi) is 4.00. The number of benzene rings is 6. The first-order valence-corrected chi connectivity index (χ1v) is 13.1. The van der Waals surface area contributed by atoms with Crippen LogP contribution < -0.4 is 0 Å². The molecule has 0 amide bonds. The van der Waals surface area contributed by atoms with Crippen LogP contribution in [0.2, 0.25) is 0 Å². The molecule has 2 aromatic heterocycles. The number of hydrogen-bond donors (Lipinski definition) is 0. The molecule has 0 radical (unpaired) electrons. The summed E-state index contributed by atoms with van der Waals surface area (Å²) in [6.45, 7) is 6.93. The molecular weight excluding hydrogens is 446 g/mol. The van der Waals surface area contributed by atoms with E-state index in [-0.39, 0.29) is 5.41 Å². The van der Waals surface area contributed by atoms with Crippen molar-refractivity contribution in [1.82, 2.24) is 4.40 Å². The highest BCUT2D eigenvalue weighted by Crippen LogP contribution is 2.44. The van der Waals surface area contributed by atoms with Crippen LogP contribution in [0.1, 0.15) is 26.3 Å². The molecule has 0 N–H and O–H groups in total. The Morgan fingerprint density at radius 3 is 1.46 bits per heavy atom. The average molecular weight is 474 g/mol. The first-order valence-electron chi connectivity index (χ1n) is 13.1. The minimum Gasteiger partial charge on any atom is -0.308 e. The fourth-order valence-electron chi connectivity index (χ4n) is 6.46. The minimum absolute atomic E-state index is 0.0597. The Labute approximate surface area is 215 Å². The zero-order valence-corrected chi connectivity index (χ0v) is 21.3. The lowest BCUT2D eigenvalue weighted by atomic mass is 9.81. The fourth-order valence-corrected chi connectivity index (χ4v) is 6.46. The molecule has 0 aliphatic carbocycles. The molecule has 0 saturated carbocycles. The fraction of sp³-hybridized carbons (Fsp3) is 0.111. The highest BCUT2D eigenvalue weighted by Gasteiger charge is 2.23. The molecule has 8 rings (SSSR count). The average Bonchev–Trinajstić information content (AvgIpc) is 3.40. The van der Waals surface area contributed by atoms with Crippen molar-refractivity contribution in [2.45, 2.75) is 26.2 Å². The van der Waals surface area contributed by atoms with Crippen LogP contribution in [-0.2, 0) is 5.41 Å². The van der Waals surface area contributed by atoms with E-state index < -0.39 is 0 Å². The molecule has 37 heavy (non-hydrogen) atoms. The van der Waals surface area contributed by atoms with Crippen molar-refractivity contribution in [2.75, 3.05) is 0 Å². The van der Waals surface area contributed by atoms with Gasteiger partial charge in [0.15, 0.2) is 0 Å². The van der Waals surface area contributed by atoms with Crippen LogP contribution in [0, 0.1) is 0 Å². The van der Waals surface area contributed by atoms with Gasteiger partial charge in [-0.3, -0.25) is 0 Å². The summed E-state index contributed by atoms with van der Waals surface area (Å²) in [4.78, 5) is 0. The van der Waals surface area contributed by atoms with Crippen LogP contribution in [-0.4, -0.2) is 4.40 Å². The Morgan fingerprint density at radius 2 is 0.946 bits per heavy atom. The van der Waals surface area contributed by atoms with Crippen LogP contribution in [0.15, 0.2) is 109 Å². The van der Waals surface area contributed by atoms with E-state index in [4.69, 9.17) is 0 Å². The Hall–Kier alpha value is -4.36. The molecule has 0 unspecified atom stereocenters. The molecule has 0 fully saturated rings. The predicted molar refractivity (Wildman–Crippen MR) is 160 cm³/mol. The van der Waals surface area contributed by atoms with Gasteiger partial charge in [0, 0.05) is 21.5 Å². The van der Waals surface area contributed by atoms with Gasteiger partial charge < -0.3 is 4.40 Å². The molecule has 0 aliphatic heterocycles. The summed E-state index contributed by atoms with van der Waals surface area (Å²) in [6.07, 6.45) is 0. The Bertz CT molecular complexity index is 2050. The van der Waals surface area contributed by atoms with E-state index in [1.165, 1.54) is 76.3 Å². The van der Waals surface area contributed by atoms with Gasteiger partial charge in [0.1, 0.15) is 0 Å². The smallest absolute Gasteiger partial charge is 0.0620 e. The summed E-state index contributed by atoms with van der Waals surface area (Å²) in [5.74, 6) is 0. The zero-order valence-electron chi connectivity index (χ0n) is 21.3. The van der Waals surface area contributed by atoms with Gasteiger partial charge in [0.2, 0.25) is 0 Å². The quantitative estimate of drug-likeness (QED) is 0.223. The summed E-state index contributed by atoms with van der Waals surface area (Å²) >= 11 is 0. The Balaban J connectivity index is 1.61. The Morgan fingerprint density at radius 1 is 0.486 bits per heavy atom. The third kappa shape index (κ3) is 2.86. The van der Waals surface area contributed by atoms with Crippen molar-refractivity contribution < 1.29 is 0 Å². The largest absolute Gasteiger partial charge is 0.308 e. The lowest BCUT2D eigenvalue weighted by Gasteiger charge is -2.23. The molecule has 1 heteroatoms. The van der Waals surface area contributed by atoms with E-state index in [1.54, 1.807) is 0 Å². The lowest BCUT2D eigenvalue weighted by Crippen LogP contribution is -2.12. The molecule has 0 spiro atoms. The predicted octanol–water partition coefficient (Wildman–Crippen LogP) is 10.1. The summed E-state index contributed by atoms with van der Waals surface area (Å²) in [6, 6.07) is 40.8. The molecule has 176 valence electrons. The van der Waals surface area contributed by atoms with Crippen molar-refractivity contribution in [3.05, 3.63) is 115 Å². The molecule has 6 aromatic carbocycles. The number of aromatic nitrogens is 1. The van der Waals surface area contributed by atoms with Gasteiger partial charge in [-0.15, -0.1) is 0 Å². The molecule has 0 saturated heterocycles. The molecule has 1 nitrogen and oxygen atoms in total. The highest BCUT2D eigenvalue weighted by atomic mass is 14.9. The summed E-state index contributed by atoms with van der Waals surface area (Å²) in [7, 11) is 0. The van der Waals surface area contributed by atoms with Crippen molar-refractivity contribution in [1.29, 1.82) is 0 Å². The minimum atomic E-state index is 0.0597. The maximum absolute atomic E-state index is 2.51. The lowest BCUT2D eigenvalue weighted by molar-refractivity contribution is 0.592. The van der Waals surface area contributed by atoms with Gasteiger partial charge in [0.05, 0.1) is 16.6 Å². The zero-order chi connectivity index (χ0) is 24.9. The summed E-state index contributed by atoms with van der Waals surface area (Å²) < 4.78 is 2.51. The normalized spacial score (nSPS) is 12.7. The van der Waals surface area contributed by atoms with E-state index in [1.807, 2.05) is 0 Å². The van der Waals surface area contributed by atoms with Crippen molar-refractivity contribution >= 4 is 59.6 Å². The van der Waals surface area contributed by atoms with E-state index >= 15 is 0 Å². The van der Waals surface area contributed by atoms with Crippen molar-refractivity contribution in [3.63, 3.8) is 0 Å². The topological polar surface area (TPSA) is 4.41 Å². The van der Waals surface area contributed by atoms with Crippen LogP contribution in [0.3, 0.4) is 0 Å². The van der Waals surface area contributed by atoms with E-state index in [9.17, 15) is 0 Å². The first-order chi connectivity index (χ1) is 18.0. The molecule has 0 bridgehead atoms. The monoisotopic (exact) mass is 473 g/mol.